The Morgan fingerprint density at radius 1 is 0.375 bits per heavy atom. The molecule has 0 saturated carbocycles. The van der Waals surface area contributed by atoms with E-state index in [1.807, 2.05) is 6.07 Å². The SMILES string of the molecule is CCCCCCCC[N+](CCCCCCCC)(CCCCCCCC)CCCCCCCC.[O-]c1ccccc1. The third-order valence-corrected chi connectivity index (χ3v) is 8.69. The lowest BCUT2D eigenvalue weighted by atomic mass is 10.0. The highest BCUT2D eigenvalue weighted by Crippen LogP contribution is 2.20. The highest BCUT2D eigenvalue weighted by Gasteiger charge is 2.25. The van der Waals surface area contributed by atoms with Crippen LogP contribution < -0.4 is 5.11 Å². The van der Waals surface area contributed by atoms with Crippen molar-refractivity contribution in [2.75, 3.05) is 26.2 Å². The predicted molar refractivity (Wildman–Crippen MR) is 179 cm³/mol. The molecule has 0 radical (unpaired) electrons. The van der Waals surface area contributed by atoms with E-state index >= 15 is 0 Å². The second-order valence-electron chi connectivity index (χ2n) is 12.6. The molecule has 0 bridgehead atoms. The van der Waals surface area contributed by atoms with Crippen LogP contribution in [-0.4, -0.2) is 30.7 Å². The molecule has 0 N–H and O–H groups in total. The van der Waals surface area contributed by atoms with Gasteiger partial charge in [-0.25, -0.2) is 0 Å². The monoisotopic (exact) mass is 560 g/mol. The van der Waals surface area contributed by atoms with Crippen molar-refractivity contribution in [2.24, 2.45) is 0 Å². The summed E-state index contributed by atoms with van der Waals surface area (Å²) >= 11 is 0. The van der Waals surface area contributed by atoms with E-state index in [9.17, 15) is 5.11 Å². The molecule has 0 fully saturated rings. The molecule has 0 aliphatic rings. The molecule has 0 amide bonds. The van der Waals surface area contributed by atoms with Gasteiger partial charge in [-0.1, -0.05) is 161 Å². The zero-order valence-electron chi connectivity index (χ0n) is 28.0. The topological polar surface area (TPSA) is 23.1 Å². The first-order valence-corrected chi connectivity index (χ1v) is 18.2. The number of hydrogen-bond acceptors (Lipinski definition) is 1. The molecule has 0 aliphatic heterocycles. The summed E-state index contributed by atoms with van der Waals surface area (Å²) in [7, 11) is 0. The van der Waals surface area contributed by atoms with Gasteiger partial charge in [0, 0.05) is 0 Å². The van der Waals surface area contributed by atoms with Crippen LogP contribution >= 0.6 is 0 Å². The van der Waals surface area contributed by atoms with Crippen molar-refractivity contribution < 1.29 is 9.59 Å². The van der Waals surface area contributed by atoms with Crippen LogP contribution in [0, 0.1) is 0 Å². The van der Waals surface area contributed by atoms with E-state index < -0.39 is 0 Å². The van der Waals surface area contributed by atoms with E-state index in [0.717, 1.165) is 0 Å². The number of hydrogen-bond donors (Lipinski definition) is 0. The van der Waals surface area contributed by atoms with Gasteiger partial charge < -0.3 is 9.59 Å². The summed E-state index contributed by atoms with van der Waals surface area (Å²) in [5.41, 5.74) is 0. The quantitative estimate of drug-likeness (QED) is 0.0739. The van der Waals surface area contributed by atoms with Crippen molar-refractivity contribution in [2.45, 2.75) is 182 Å². The molecule has 0 aromatic heterocycles. The number of benzene rings is 1. The van der Waals surface area contributed by atoms with Gasteiger partial charge in [0.05, 0.1) is 26.2 Å². The summed E-state index contributed by atoms with van der Waals surface area (Å²) in [6.07, 6.45) is 34.8. The van der Waals surface area contributed by atoms with E-state index in [1.165, 1.54) is 197 Å². The molecule has 40 heavy (non-hydrogen) atoms. The van der Waals surface area contributed by atoms with E-state index in [1.54, 1.807) is 12.1 Å². The highest BCUT2D eigenvalue weighted by atomic mass is 16.3. The van der Waals surface area contributed by atoms with Crippen molar-refractivity contribution in [3.63, 3.8) is 0 Å². The Morgan fingerprint density at radius 3 is 0.850 bits per heavy atom. The molecule has 236 valence electrons. The van der Waals surface area contributed by atoms with Gasteiger partial charge >= 0.3 is 0 Å². The van der Waals surface area contributed by atoms with Crippen LogP contribution in [-0.2, 0) is 0 Å². The minimum atomic E-state index is 0.0718. The Bertz CT molecular complexity index is 517. The highest BCUT2D eigenvalue weighted by molar-refractivity contribution is 5.17. The normalized spacial score (nSPS) is 11.4. The molecule has 0 heterocycles. The van der Waals surface area contributed by atoms with Gasteiger partial charge in [0.1, 0.15) is 0 Å². The number of para-hydroxylation sites is 1. The summed E-state index contributed by atoms with van der Waals surface area (Å²) < 4.78 is 1.48. The fraction of sp³-hybridized carbons (Fsp3) is 0.842. The Hall–Kier alpha value is -1.02. The number of rotatable bonds is 28. The van der Waals surface area contributed by atoms with Crippen LogP contribution in [0.15, 0.2) is 30.3 Å². The fourth-order valence-electron chi connectivity index (χ4n) is 6.00. The molecular weight excluding hydrogens is 486 g/mol. The van der Waals surface area contributed by atoms with Crippen LogP contribution in [0.1, 0.15) is 182 Å². The second-order valence-corrected chi connectivity index (χ2v) is 12.6. The summed E-state index contributed by atoms with van der Waals surface area (Å²) in [5, 5.41) is 10.3. The van der Waals surface area contributed by atoms with E-state index in [2.05, 4.69) is 27.7 Å². The number of unbranched alkanes of at least 4 members (excludes halogenated alkanes) is 20. The molecule has 0 atom stereocenters. The van der Waals surface area contributed by atoms with Crippen LogP contribution in [0.4, 0.5) is 0 Å². The molecule has 2 nitrogen and oxygen atoms in total. The van der Waals surface area contributed by atoms with Crippen LogP contribution in [0.25, 0.3) is 0 Å². The Morgan fingerprint density at radius 2 is 0.625 bits per heavy atom. The van der Waals surface area contributed by atoms with Crippen molar-refractivity contribution >= 4 is 0 Å². The van der Waals surface area contributed by atoms with Gasteiger partial charge in [0.15, 0.2) is 0 Å². The van der Waals surface area contributed by atoms with Crippen molar-refractivity contribution in [1.82, 2.24) is 0 Å². The zero-order chi connectivity index (χ0) is 29.4. The van der Waals surface area contributed by atoms with Crippen LogP contribution in [0.5, 0.6) is 5.75 Å². The molecule has 2 heteroatoms. The Labute approximate surface area is 253 Å². The first-order chi connectivity index (χ1) is 19.6. The summed E-state index contributed by atoms with van der Waals surface area (Å²) in [6, 6.07) is 8.33. The maximum atomic E-state index is 10.3. The average molecular weight is 560 g/mol. The first kappa shape index (κ1) is 39.0. The molecule has 0 saturated heterocycles. The van der Waals surface area contributed by atoms with Crippen molar-refractivity contribution in [1.29, 1.82) is 0 Å². The van der Waals surface area contributed by atoms with Crippen molar-refractivity contribution in [3.05, 3.63) is 30.3 Å². The smallest absolute Gasteiger partial charge is 0.0786 e. The van der Waals surface area contributed by atoms with Gasteiger partial charge in [0.25, 0.3) is 0 Å². The van der Waals surface area contributed by atoms with E-state index in [-0.39, 0.29) is 5.75 Å². The molecule has 0 spiro atoms. The van der Waals surface area contributed by atoms with E-state index in [0.29, 0.717) is 0 Å². The van der Waals surface area contributed by atoms with Gasteiger partial charge in [0.2, 0.25) is 0 Å². The molecule has 1 rings (SSSR count). The van der Waals surface area contributed by atoms with Crippen molar-refractivity contribution in [3.8, 4) is 5.75 Å². The predicted octanol–water partition coefficient (Wildman–Crippen LogP) is 12.0. The second kappa shape index (κ2) is 30.9. The summed E-state index contributed by atoms with van der Waals surface area (Å²) in [6.45, 7) is 15.3. The first-order valence-electron chi connectivity index (χ1n) is 18.2. The van der Waals surface area contributed by atoms with Gasteiger partial charge in [-0.15, -0.1) is 5.75 Å². The number of quaternary nitrogens is 1. The van der Waals surface area contributed by atoms with Gasteiger partial charge in [-0.05, 0) is 51.4 Å². The van der Waals surface area contributed by atoms with Gasteiger partial charge in [-0.3, -0.25) is 0 Å². The standard InChI is InChI=1S/C32H68N.C6H6O/c1-5-9-13-17-21-25-29-33(30-26-22-18-14-10-6-2,31-27-23-19-15-11-7-3)32-28-24-20-16-12-8-4;7-6-4-2-1-3-5-6/h5-32H2,1-4H3;1-5,7H/q+1;/p-1. The maximum absolute atomic E-state index is 10.3. The summed E-state index contributed by atoms with van der Waals surface area (Å²) in [4.78, 5) is 0. The maximum Gasteiger partial charge on any atom is 0.0786 e. The fourth-order valence-corrected chi connectivity index (χ4v) is 6.00. The zero-order valence-corrected chi connectivity index (χ0v) is 28.0. The molecule has 1 aromatic rings. The Balaban J connectivity index is 0.00000187. The Kier molecular flexibility index (Phi) is 30.1. The lowest BCUT2D eigenvalue weighted by molar-refractivity contribution is -0.929. The average Bonchev–Trinajstić information content (AvgIpc) is 2.97. The van der Waals surface area contributed by atoms with Gasteiger partial charge in [-0.2, -0.15) is 0 Å². The summed E-state index contributed by atoms with van der Waals surface area (Å²) in [5.74, 6) is 0.0718. The largest absolute Gasteiger partial charge is 0.872 e. The minimum absolute atomic E-state index is 0.0718. The molecule has 0 aliphatic carbocycles. The molecular formula is C38H73NO. The third-order valence-electron chi connectivity index (χ3n) is 8.69. The lowest BCUT2D eigenvalue weighted by Gasteiger charge is -2.40. The third kappa shape index (κ3) is 25.9. The molecule has 1 aromatic carbocycles. The van der Waals surface area contributed by atoms with E-state index in [4.69, 9.17) is 0 Å². The number of nitrogens with zero attached hydrogens (tertiary/aromatic N) is 1. The minimum Gasteiger partial charge on any atom is -0.872 e. The van der Waals surface area contributed by atoms with Crippen LogP contribution in [0.2, 0.25) is 0 Å². The molecule has 0 unspecified atom stereocenters. The van der Waals surface area contributed by atoms with Crippen LogP contribution in [0.3, 0.4) is 0 Å². The lowest BCUT2D eigenvalue weighted by Crippen LogP contribution is -2.50.